The van der Waals surface area contributed by atoms with Crippen molar-refractivity contribution in [2.45, 2.75) is 25.3 Å². The number of nitrogens with one attached hydrogen (secondary N) is 1. The van der Waals surface area contributed by atoms with E-state index >= 15 is 0 Å². The summed E-state index contributed by atoms with van der Waals surface area (Å²) in [6.45, 7) is 4.40. The first kappa shape index (κ1) is 17.7. The molecule has 2 aromatic carbocycles. The topological polar surface area (TPSA) is 52.6 Å². The van der Waals surface area contributed by atoms with Crippen LogP contribution in [0.25, 0.3) is 0 Å². The van der Waals surface area contributed by atoms with Crippen molar-refractivity contribution in [1.29, 1.82) is 0 Å². The molecule has 2 aromatic rings. The molecular weight excluding hydrogens is 338 g/mol. The van der Waals surface area contributed by atoms with Crippen molar-refractivity contribution in [3.05, 3.63) is 71.8 Å². The van der Waals surface area contributed by atoms with Gasteiger partial charge in [-0.1, -0.05) is 67.6 Å². The van der Waals surface area contributed by atoms with Crippen molar-refractivity contribution in [2.24, 2.45) is 5.92 Å². The number of carbonyl (C=O) groups is 2. The highest BCUT2D eigenvalue weighted by molar-refractivity contribution is 6.09. The number of nitrogens with zero attached hydrogens (tertiary/aromatic N) is 2. The Hall–Kier alpha value is -2.66. The van der Waals surface area contributed by atoms with Gasteiger partial charge < -0.3 is 5.32 Å². The molecule has 2 saturated heterocycles. The lowest BCUT2D eigenvalue weighted by molar-refractivity contribution is -0.132. The first-order valence-electron chi connectivity index (χ1n) is 9.59. The van der Waals surface area contributed by atoms with E-state index in [0.29, 0.717) is 12.6 Å². The number of piperidine rings is 1. The number of imide groups is 1. The summed E-state index contributed by atoms with van der Waals surface area (Å²) >= 11 is 0. The van der Waals surface area contributed by atoms with Gasteiger partial charge in [-0.2, -0.15) is 0 Å². The predicted molar refractivity (Wildman–Crippen MR) is 104 cm³/mol. The van der Waals surface area contributed by atoms with Crippen LogP contribution in [0.1, 0.15) is 30.9 Å². The summed E-state index contributed by atoms with van der Waals surface area (Å²) in [5, 5.41) is 3.01. The van der Waals surface area contributed by atoms with Crippen LogP contribution in [0, 0.1) is 5.92 Å². The van der Waals surface area contributed by atoms with E-state index < -0.39 is 5.54 Å². The molecule has 2 fully saturated rings. The van der Waals surface area contributed by atoms with Crippen LogP contribution in [0.4, 0.5) is 4.79 Å². The average Bonchev–Trinajstić information content (AvgIpc) is 2.95. The first-order chi connectivity index (χ1) is 13.1. The highest BCUT2D eigenvalue weighted by Gasteiger charge is 2.53. The summed E-state index contributed by atoms with van der Waals surface area (Å²) in [6, 6.07) is 18.7. The van der Waals surface area contributed by atoms with Crippen LogP contribution < -0.4 is 5.32 Å². The quantitative estimate of drug-likeness (QED) is 0.849. The van der Waals surface area contributed by atoms with E-state index in [-0.39, 0.29) is 11.9 Å². The lowest BCUT2D eigenvalue weighted by Crippen LogP contribution is -2.47. The van der Waals surface area contributed by atoms with E-state index in [1.54, 1.807) is 0 Å². The van der Waals surface area contributed by atoms with Crippen LogP contribution in [-0.4, -0.2) is 41.5 Å². The van der Waals surface area contributed by atoms with Gasteiger partial charge in [0.15, 0.2) is 5.54 Å². The second-order valence-electron chi connectivity index (χ2n) is 7.61. The van der Waals surface area contributed by atoms with Crippen molar-refractivity contribution in [1.82, 2.24) is 15.1 Å². The standard InChI is InChI=1S/C22H25N3O2/c1-17-9-8-14-24(15-17)16-25-20(26)22(23-21(25)27,18-10-4-2-5-11-18)19-12-6-3-7-13-19/h2-7,10-13,17H,8-9,14-16H2,1H3,(H,23,27)/t17-/m0/s1. The molecule has 2 heterocycles. The Labute approximate surface area is 160 Å². The second-order valence-corrected chi connectivity index (χ2v) is 7.61. The van der Waals surface area contributed by atoms with Gasteiger partial charge in [0, 0.05) is 6.54 Å². The molecule has 2 aliphatic rings. The van der Waals surface area contributed by atoms with Crippen molar-refractivity contribution in [3.63, 3.8) is 0 Å². The zero-order valence-corrected chi connectivity index (χ0v) is 15.6. The average molecular weight is 363 g/mol. The minimum absolute atomic E-state index is 0.205. The maximum atomic E-state index is 13.6. The Balaban J connectivity index is 1.71. The third-order valence-corrected chi connectivity index (χ3v) is 5.60. The molecule has 0 aromatic heterocycles. The fourth-order valence-electron chi connectivity index (χ4n) is 4.25. The number of hydrogen-bond acceptors (Lipinski definition) is 3. The van der Waals surface area contributed by atoms with Gasteiger partial charge in [-0.15, -0.1) is 0 Å². The fourth-order valence-corrected chi connectivity index (χ4v) is 4.25. The normalized spacial score (nSPS) is 22.7. The first-order valence-corrected chi connectivity index (χ1v) is 9.59. The minimum atomic E-state index is -1.17. The number of hydrogen-bond donors (Lipinski definition) is 1. The number of benzene rings is 2. The zero-order chi connectivity index (χ0) is 18.9. The number of likely N-dealkylation sites (tertiary alicyclic amines) is 1. The maximum Gasteiger partial charge on any atom is 0.326 e. The van der Waals surface area contributed by atoms with E-state index in [4.69, 9.17) is 0 Å². The van der Waals surface area contributed by atoms with Gasteiger partial charge in [-0.3, -0.25) is 9.69 Å². The van der Waals surface area contributed by atoms with Crippen molar-refractivity contribution in [3.8, 4) is 0 Å². The molecule has 2 aliphatic heterocycles. The lowest BCUT2D eigenvalue weighted by atomic mass is 9.83. The summed E-state index contributed by atoms with van der Waals surface area (Å²) in [6.07, 6.45) is 2.31. The van der Waals surface area contributed by atoms with Crippen LogP contribution >= 0.6 is 0 Å². The Morgan fingerprint density at radius 1 is 1.00 bits per heavy atom. The third kappa shape index (κ3) is 3.12. The lowest BCUT2D eigenvalue weighted by Gasteiger charge is -2.33. The minimum Gasteiger partial charge on any atom is -0.315 e. The Bertz CT molecular complexity index is 782. The Morgan fingerprint density at radius 2 is 1.59 bits per heavy atom. The molecule has 5 nitrogen and oxygen atoms in total. The second kappa shape index (κ2) is 7.16. The number of rotatable bonds is 4. The fraction of sp³-hybridized carbons (Fsp3) is 0.364. The van der Waals surface area contributed by atoms with Crippen LogP contribution in [0.2, 0.25) is 0 Å². The van der Waals surface area contributed by atoms with Crippen LogP contribution in [0.5, 0.6) is 0 Å². The van der Waals surface area contributed by atoms with Gasteiger partial charge >= 0.3 is 6.03 Å². The van der Waals surface area contributed by atoms with Crippen LogP contribution in [0.3, 0.4) is 0 Å². The van der Waals surface area contributed by atoms with Crippen molar-refractivity contribution in [2.75, 3.05) is 19.8 Å². The molecule has 0 radical (unpaired) electrons. The monoisotopic (exact) mass is 363 g/mol. The summed E-state index contributed by atoms with van der Waals surface area (Å²) in [4.78, 5) is 30.1. The van der Waals surface area contributed by atoms with Gasteiger partial charge in [-0.25, -0.2) is 9.69 Å². The van der Waals surface area contributed by atoms with Gasteiger partial charge in [-0.05, 0) is 36.4 Å². The largest absolute Gasteiger partial charge is 0.326 e. The molecule has 0 spiro atoms. The van der Waals surface area contributed by atoms with Crippen molar-refractivity contribution < 1.29 is 9.59 Å². The highest BCUT2D eigenvalue weighted by Crippen LogP contribution is 2.36. The van der Waals surface area contributed by atoms with E-state index in [1.807, 2.05) is 60.7 Å². The molecule has 3 amide bonds. The van der Waals surface area contributed by atoms with Gasteiger partial charge in [0.2, 0.25) is 0 Å². The van der Waals surface area contributed by atoms with Crippen LogP contribution in [0.15, 0.2) is 60.7 Å². The van der Waals surface area contributed by atoms with Crippen LogP contribution in [-0.2, 0) is 10.3 Å². The highest BCUT2D eigenvalue weighted by atomic mass is 16.2. The summed E-state index contributed by atoms with van der Waals surface area (Å²) < 4.78 is 0. The van der Waals surface area contributed by atoms with E-state index in [0.717, 1.165) is 30.6 Å². The number of urea groups is 1. The van der Waals surface area contributed by atoms with Gasteiger partial charge in [0.25, 0.3) is 5.91 Å². The maximum absolute atomic E-state index is 13.6. The summed E-state index contributed by atoms with van der Waals surface area (Å²) in [7, 11) is 0. The smallest absolute Gasteiger partial charge is 0.315 e. The van der Waals surface area contributed by atoms with E-state index in [9.17, 15) is 9.59 Å². The molecule has 5 heteroatoms. The molecular formula is C22H25N3O2. The third-order valence-electron chi connectivity index (χ3n) is 5.60. The summed E-state index contributed by atoms with van der Waals surface area (Å²) in [5.41, 5.74) is 0.397. The molecule has 0 bridgehead atoms. The molecule has 1 N–H and O–H groups in total. The summed E-state index contributed by atoms with van der Waals surface area (Å²) in [5.74, 6) is 0.385. The number of amides is 3. The van der Waals surface area contributed by atoms with Crippen molar-refractivity contribution >= 4 is 11.9 Å². The Kier molecular flexibility index (Phi) is 4.70. The Morgan fingerprint density at radius 3 is 2.15 bits per heavy atom. The molecule has 140 valence electrons. The number of carbonyl (C=O) groups excluding carboxylic acids is 2. The molecule has 0 aliphatic carbocycles. The SMILES string of the molecule is C[C@H]1CCCN(CN2C(=O)NC(c3ccccc3)(c3ccccc3)C2=O)C1. The molecule has 0 unspecified atom stereocenters. The van der Waals surface area contributed by atoms with E-state index in [2.05, 4.69) is 17.1 Å². The molecule has 4 rings (SSSR count). The zero-order valence-electron chi connectivity index (χ0n) is 15.6. The molecule has 1 atom stereocenters. The van der Waals surface area contributed by atoms with E-state index in [1.165, 1.54) is 11.3 Å². The molecule has 27 heavy (non-hydrogen) atoms. The predicted octanol–water partition coefficient (Wildman–Crippen LogP) is 3.17. The van der Waals surface area contributed by atoms with Gasteiger partial charge in [0.05, 0.1) is 6.67 Å². The molecule has 0 saturated carbocycles. The van der Waals surface area contributed by atoms with Gasteiger partial charge in [0.1, 0.15) is 0 Å².